The maximum absolute atomic E-state index is 6.55. The predicted octanol–water partition coefficient (Wildman–Crippen LogP) is 4.75. The number of anilines is 1. The minimum Gasteiger partial charge on any atom is -0.370 e. The summed E-state index contributed by atoms with van der Waals surface area (Å²) in [5.74, 6) is 0. The molecule has 1 aromatic carbocycles. The molecule has 116 valence electrons. The second-order valence-electron chi connectivity index (χ2n) is 6.70. The van der Waals surface area contributed by atoms with E-state index in [0.29, 0.717) is 6.04 Å². The van der Waals surface area contributed by atoms with E-state index < -0.39 is 0 Å². The molecule has 2 aliphatic rings. The molecule has 2 saturated carbocycles. The molecule has 2 fully saturated rings. The molecular formula is C18H27ClN2. The lowest BCUT2D eigenvalue weighted by Crippen LogP contribution is -2.31. The zero-order chi connectivity index (χ0) is 14.7. The molecule has 1 N–H and O–H groups in total. The summed E-state index contributed by atoms with van der Waals surface area (Å²) in [4.78, 5) is 2.41. The zero-order valence-electron chi connectivity index (χ0n) is 13.1. The average molecular weight is 307 g/mol. The summed E-state index contributed by atoms with van der Waals surface area (Å²) < 4.78 is 0. The van der Waals surface area contributed by atoms with Gasteiger partial charge in [-0.25, -0.2) is 0 Å². The predicted molar refractivity (Wildman–Crippen MR) is 91.2 cm³/mol. The molecule has 0 unspecified atom stereocenters. The molecule has 3 rings (SSSR count). The highest BCUT2D eigenvalue weighted by Crippen LogP contribution is 2.31. The second kappa shape index (κ2) is 7.02. The molecule has 0 heterocycles. The highest BCUT2D eigenvalue weighted by Gasteiger charge is 2.21. The van der Waals surface area contributed by atoms with Gasteiger partial charge in [0.15, 0.2) is 0 Å². The minimum atomic E-state index is 0.653. The van der Waals surface area contributed by atoms with Gasteiger partial charge in [0, 0.05) is 25.7 Å². The first-order chi connectivity index (χ1) is 10.2. The Balaban J connectivity index is 1.65. The van der Waals surface area contributed by atoms with E-state index in [0.717, 1.165) is 17.6 Å². The van der Waals surface area contributed by atoms with E-state index in [2.05, 4.69) is 35.5 Å². The molecule has 21 heavy (non-hydrogen) atoms. The van der Waals surface area contributed by atoms with Gasteiger partial charge in [0.2, 0.25) is 0 Å². The Labute approximate surface area is 133 Å². The van der Waals surface area contributed by atoms with E-state index in [4.69, 9.17) is 11.6 Å². The van der Waals surface area contributed by atoms with E-state index in [1.54, 1.807) is 0 Å². The summed E-state index contributed by atoms with van der Waals surface area (Å²) in [6, 6.07) is 7.97. The van der Waals surface area contributed by atoms with Crippen LogP contribution in [0.25, 0.3) is 0 Å². The van der Waals surface area contributed by atoms with Gasteiger partial charge < -0.3 is 10.2 Å². The van der Waals surface area contributed by atoms with Gasteiger partial charge in [-0.3, -0.25) is 0 Å². The van der Waals surface area contributed by atoms with Crippen LogP contribution in [0, 0.1) is 0 Å². The molecule has 1 aromatic rings. The van der Waals surface area contributed by atoms with Crippen molar-refractivity contribution in [2.24, 2.45) is 0 Å². The first kappa shape index (κ1) is 15.2. The highest BCUT2D eigenvalue weighted by atomic mass is 35.5. The summed E-state index contributed by atoms with van der Waals surface area (Å²) in [7, 11) is 2.21. The fourth-order valence-corrected chi connectivity index (χ4v) is 3.67. The van der Waals surface area contributed by atoms with Gasteiger partial charge in [0.25, 0.3) is 0 Å². The SMILES string of the molecule is CN(c1ccc(CNC2CC2)cc1Cl)C1CCCCCC1. The van der Waals surface area contributed by atoms with Crippen molar-refractivity contribution in [3.8, 4) is 0 Å². The lowest BCUT2D eigenvalue weighted by Gasteiger charge is -2.30. The Morgan fingerprint density at radius 1 is 1.10 bits per heavy atom. The van der Waals surface area contributed by atoms with Gasteiger partial charge in [-0.05, 0) is 43.4 Å². The summed E-state index contributed by atoms with van der Waals surface area (Å²) in [5.41, 5.74) is 2.49. The number of rotatable bonds is 5. The van der Waals surface area contributed by atoms with Crippen molar-refractivity contribution in [3.63, 3.8) is 0 Å². The highest BCUT2D eigenvalue weighted by molar-refractivity contribution is 6.33. The van der Waals surface area contributed by atoms with E-state index in [1.807, 2.05) is 0 Å². The number of nitrogens with one attached hydrogen (secondary N) is 1. The molecule has 3 heteroatoms. The van der Waals surface area contributed by atoms with Crippen molar-refractivity contribution >= 4 is 17.3 Å². The number of benzene rings is 1. The Morgan fingerprint density at radius 3 is 2.43 bits per heavy atom. The van der Waals surface area contributed by atoms with Crippen molar-refractivity contribution in [1.82, 2.24) is 5.32 Å². The molecule has 2 aliphatic carbocycles. The normalized spacial score (nSPS) is 20.3. The third-order valence-corrected chi connectivity index (χ3v) is 5.24. The number of hydrogen-bond acceptors (Lipinski definition) is 2. The molecule has 2 nitrogen and oxygen atoms in total. The molecule has 0 aromatic heterocycles. The molecule has 0 amide bonds. The number of nitrogens with zero attached hydrogens (tertiary/aromatic N) is 1. The van der Waals surface area contributed by atoms with Crippen LogP contribution in [0.4, 0.5) is 5.69 Å². The lowest BCUT2D eigenvalue weighted by molar-refractivity contribution is 0.553. The minimum absolute atomic E-state index is 0.653. The summed E-state index contributed by atoms with van der Waals surface area (Å²) in [6.45, 7) is 0.942. The van der Waals surface area contributed by atoms with Gasteiger partial charge in [-0.1, -0.05) is 43.4 Å². The van der Waals surface area contributed by atoms with Crippen molar-refractivity contribution in [2.45, 2.75) is 70.0 Å². The third-order valence-electron chi connectivity index (χ3n) is 4.94. The van der Waals surface area contributed by atoms with Crippen LogP contribution in [0.2, 0.25) is 5.02 Å². The van der Waals surface area contributed by atoms with Crippen molar-refractivity contribution < 1.29 is 0 Å². The fourth-order valence-electron chi connectivity index (χ4n) is 3.34. The van der Waals surface area contributed by atoms with Crippen LogP contribution in [-0.2, 0) is 6.54 Å². The topological polar surface area (TPSA) is 15.3 Å². The first-order valence-corrected chi connectivity index (χ1v) is 8.86. The molecule has 0 saturated heterocycles. The fraction of sp³-hybridized carbons (Fsp3) is 0.667. The molecule has 0 bridgehead atoms. The zero-order valence-corrected chi connectivity index (χ0v) is 13.8. The molecule has 0 radical (unpaired) electrons. The van der Waals surface area contributed by atoms with Crippen LogP contribution in [-0.4, -0.2) is 19.1 Å². The Hall–Kier alpha value is -0.730. The standard InChI is InChI=1S/C18H27ClN2/c1-21(16-6-4-2-3-5-7-16)18-11-8-14(12-17(18)19)13-20-15-9-10-15/h8,11-12,15-16,20H,2-7,9-10,13H2,1H3. The van der Waals surface area contributed by atoms with E-state index in [-0.39, 0.29) is 0 Å². The smallest absolute Gasteiger partial charge is 0.0642 e. The Bertz CT molecular complexity index is 462. The largest absolute Gasteiger partial charge is 0.370 e. The van der Waals surface area contributed by atoms with Crippen LogP contribution in [0.3, 0.4) is 0 Å². The quantitative estimate of drug-likeness (QED) is 0.790. The van der Waals surface area contributed by atoms with E-state index in [1.165, 1.54) is 62.6 Å². The van der Waals surface area contributed by atoms with Gasteiger partial charge in [0.1, 0.15) is 0 Å². The summed E-state index contributed by atoms with van der Waals surface area (Å²) >= 11 is 6.55. The van der Waals surface area contributed by atoms with Crippen LogP contribution in [0.5, 0.6) is 0 Å². The second-order valence-corrected chi connectivity index (χ2v) is 7.10. The van der Waals surface area contributed by atoms with E-state index in [9.17, 15) is 0 Å². The molecule has 0 spiro atoms. The average Bonchev–Trinajstić information content (AvgIpc) is 3.31. The van der Waals surface area contributed by atoms with Crippen molar-refractivity contribution in [1.29, 1.82) is 0 Å². The van der Waals surface area contributed by atoms with Gasteiger partial charge in [0.05, 0.1) is 10.7 Å². The van der Waals surface area contributed by atoms with E-state index >= 15 is 0 Å². The molecule has 0 aliphatic heterocycles. The number of hydrogen-bond donors (Lipinski definition) is 1. The first-order valence-electron chi connectivity index (χ1n) is 8.48. The Morgan fingerprint density at radius 2 is 1.81 bits per heavy atom. The van der Waals surface area contributed by atoms with Gasteiger partial charge >= 0.3 is 0 Å². The monoisotopic (exact) mass is 306 g/mol. The summed E-state index contributed by atoms with van der Waals surface area (Å²) in [6.07, 6.45) is 10.8. The van der Waals surface area contributed by atoms with Crippen LogP contribution in [0.15, 0.2) is 18.2 Å². The van der Waals surface area contributed by atoms with Crippen LogP contribution >= 0.6 is 11.6 Å². The maximum Gasteiger partial charge on any atom is 0.0642 e. The summed E-state index contributed by atoms with van der Waals surface area (Å²) in [5, 5.41) is 4.45. The van der Waals surface area contributed by atoms with Crippen LogP contribution < -0.4 is 10.2 Å². The maximum atomic E-state index is 6.55. The lowest BCUT2D eigenvalue weighted by atomic mass is 10.1. The third kappa shape index (κ3) is 4.14. The van der Waals surface area contributed by atoms with Gasteiger partial charge in [-0.15, -0.1) is 0 Å². The van der Waals surface area contributed by atoms with Crippen molar-refractivity contribution in [3.05, 3.63) is 28.8 Å². The van der Waals surface area contributed by atoms with Gasteiger partial charge in [-0.2, -0.15) is 0 Å². The number of halogens is 1. The van der Waals surface area contributed by atoms with Crippen molar-refractivity contribution in [2.75, 3.05) is 11.9 Å². The molecular weight excluding hydrogens is 280 g/mol. The Kier molecular flexibility index (Phi) is 5.07. The van der Waals surface area contributed by atoms with Crippen LogP contribution in [0.1, 0.15) is 56.9 Å². The molecule has 0 atom stereocenters.